The molecule has 0 unspecified atom stereocenters. The van der Waals surface area contributed by atoms with Gasteiger partial charge in [0.25, 0.3) is 0 Å². The second-order valence-corrected chi connectivity index (χ2v) is 5.36. The molecule has 3 aromatic rings. The molecule has 0 amide bonds. The van der Waals surface area contributed by atoms with Gasteiger partial charge in [-0.2, -0.15) is 0 Å². The van der Waals surface area contributed by atoms with Crippen LogP contribution < -0.4 is 4.90 Å². The topological polar surface area (TPSA) is 49.2 Å². The highest BCUT2D eigenvalue weighted by molar-refractivity contribution is 7.07. The maximum Gasteiger partial charge on any atom is 0.0854 e. The van der Waals surface area contributed by atoms with Crippen LogP contribution in [0.4, 0.5) is 5.69 Å². The molecule has 1 N–H and O–H groups in total. The fourth-order valence-corrected chi connectivity index (χ4v) is 2.80. The normalized spacial score (nSPS) is 10.9. The van der Waals surface area contributed by atoms with E-state index in [0.29, 0.717) is 5.69 Å². The fraction of sp³-hybridized carbons (Fsp3) is 0.200. The molecule has 0 radical (unpaired) electrons. The van der Waals surface area contributed by atoms with E-state index >= 15 is 0 Å². The highest BCUT2D eigenvalue weighted by atomic mass is 32.1. The number of aromatic nitrogens is 2. The van der Waals surface area contributed by atoms with Crippen LogP contribution in [-0.4, -0.2) is 22.1 Å². The summed E-state index contributed by atoms with van der Waals surface area (Å²) in [5, 5.41) is 12.5. The quantitative estimate of drug-likeness (QED) is 0.801. The molecule has 4 nitrogen and oxygen atoms in total. The number of benzene rings is 1. The Hall–Kier alpha value is -1.98. The second kappa shape index (κ2) is 5.56. The number of thiazole rings is 1. The van der Waals surface area contributed by atoms with Gasteiger partial charge in [0.05, 0.1) is 35.6 Å². The summed E-state index contributed by atoms with van der Waals surface area (Å²) in [6, 6.07) is 9.92. The van der Waals surface area contributed by atoms with E-state index in [0.717, 1.165) is 28.8 Å². The lowest BCUT2D eigenvalue weighted by molar-refractivity contribution is 0.277. The number of aliphatic hydroxyl groups is 1. The van der Waals surface area contributed by atoms with Crippen molar-refractivity contribution >= 4 is 27.9 Å². The van der Waals surface area contributed by atoms with E-state index in [9.17, 15) is 5.11 Å². The molecule has 3 rings (SSSR count). The zero-order valence-electron chi connectivity index (χ0n) is 11.2. The minimum absolute atomic E-state index is 0.0532. The van der Waals surface area contributed by atoms with E-state index in [1.165, 1.54) is 0 Å². The number of anilines is 1. The lowest BCUT2D eigenvalue weighted by Crippen LogP contribution is -2.17. The molecule has 5 heteroatoms. The van der Waals surface area contributed by atoms with Gasteiger partial charge in [0, 0.05) is 23.5 Å². The predicted molar refractivity (Wildman–Crippen MR) is 81.9 cm³/mol. The van der Waals surface area contributed by atoms with Gasteiger partial charge in [-0.15, -0.1) is 11.3 Å². The Labute approximate surface area is 121 Å². The van der Waals surface area contributed by atoms with E-state index in [1.807, 2.05) is 42.2 Å². The first-order valence-electron chi connectivity index (χ1n) is 6.35. The molecule has 20 heavy (non-hydrogen) atoms. The maximum absolute atomic E-state index is 9.37. The lowest BCUT2D eigenvalue weighted by Gasteiger charge is -2.20. The monoisotopic (exact) mass is 285 g/mol. The van der Waals surface area contributed by atoms with Crippen LogP contribution in [-0.2, 0) is 13.2 Å². The van der Waals surface area contributed by atoms with Crippen LogP contribution in [0.3, 0.4) is 0 Å². The van der Waals surface area contributed by atoms with E-state index in [4.69, 9.17) is 0 Å². The number of rotatable bonds is 4. The standard InChI is InChI=1S/C15H15N3OS/c1-18(7-12-9-20-10-16-12)15-6-11(8-19)17-14-5-3-2-4-13(14)15/h2-6,9-10,19H,7-8H2,1H3. The highest BCUT2D eigenvalue weighted by Gasteiger charge is 2.10. The molecule has 0 bridgehead atoms. The predicted octanol–water partition coefficient (Wildman–Crippen LogP) is 2.82. The number of hydrogen-bond acceptors (Lipinski definition) is 5. The Bertz CT molecular complexity index is 712. The summed E-state index contributed by atoms with van der Waals surface area (Å²) in [6.45, 7) is 0.685. The summed E-state index contributed by atoms with van der Waals surface area (Å²) in [5.74, 6) is 0. The molecule has 0 saturated heterocycles. The van der Waals surface area contributed by atoms with Gasteiger partial charge in [-0.25, -0.2) is 4.98 Å². The molecular formula is C15H15N3OS. The van der Waals surface area contributed by atoms with E-state index < -0.39 is 0 Å². The number of nitrogens with zero attached hydrogens (tertiary/aromatic N) is 3. The summed E-state index contributed by atoms with van der Waals surface area (Å²) < 4.78 is 0. The molecule has 0 spiro atoms. The van der Waals surface area contributed by atoms with Crippen molar-refractivity contribution in [3.8, 4) is 0 Å². The molecule has 1 aromatic carbocycles. The first-order valence-corrected chi connectivity index (χ1v) is 7.30. The maximum atomic E-state index is 9.37. The molecular weight excluding hydrogens is 270 g/mol. The van der Waals surface area contributed by atoms with E-state index in [1.54, 1.807) is 11.3 Å². The fourth-order valence-electron chi connectivity index (χ4n) is 2.25. The van der Waals surface area contributed by atoms with Crippen LogP contribution >= 0.6 is 11.3 Å². The van der Waals surface area contributed by atoms with Gasteiger partial charge in [-0.3, -0.25) is 4.98 Å². The van der Waals surface area contributed by atoms with Crippen molar-refractivity contribution in [2.24, 2.45) is 0 Å². The molecule has 2 aromatic heterocycles. The van der Waals surface area contributed by atoms with Gasteiger partial charge < -0.3 is 10.0 Å². The van der Waals surface area contributed by atoms with Crippen molar-refractivity contribution in [1.29, 1.82) is 0 Å². The van der Waals surface area contributed by atoms with Gasteiger partial charge in [-0.1, -0.05) is 18.2 Å². The number of hydrogen-bond donors (Lipinski definition) is 1. The van der Waals surface area contributed by atoms with Crippen LogP contribution in [0.15, 0.2) is 41.2 Å². The van der Waals surface area contributed by atoms with Gasteiger partial charge in [-0.05, 0) is 12.1 Å². The highest BCUT2D eigenvalue weighted by Crippen LogP contribution is 2.27. The lowest BCUT2D eigenvalue weighted by atomic mass is 10.1. The van der Waals surface area contributed by atoms with Crippen LogP contribution in [0.1, 0.15) is 11.4 Å². The minimum Gasteiger partial charge on any atom is -0.390 e. The third kappa shape index (κ3) is 2.50. The van der Waals surface area contributed by atoms with Gasteiger partial charge in [0.1, 0.15) is 0 Å². The molecule has 0 aliphatic rings. The van der Waals surface area contributed by atoms with Crippen molar-refractivity contribution in [3.63, 3.8) is 0 Å². The Morgan fingerprint density at radius 3 is 2.85 bits per heavy atom. The Morgan fingerprint density at radius 2 is 2.10 bits per heavy atom. The Kier molecular flexibility index (Phi) is 3.62. The Balaban J connectivity index is 2.04. The second-order valence-electron chi connectivity index (χ2n) is 4.64. The summed E-state index contributed by atoms with van der Waals surface area (Å²) in [6.07, 6.45) is 0. The van der Waals surface area contributed by atoms with Crippen molar-refractivity contribution < 1.29 is 5.11 Å². The molecule has 0 fully saturated rings. The first kappa shape index (κ1) is 13.0. The van der Waals surface area contributed by atoms with Crippen molar-refractivity contribution in [1.82, 2.24) is 9.97 Å². The SMILES string of the molecule is CN(Cc1cscn1)c1cc(CO)nc2ccccc12. The zero-order chi connectivity index (χ0) is 13.9. The average molecular weight is 285 g/mol. The summed E-state index contributed by atoms with van der Waals surface area (Å²) in [5.41, 5.74) is 5.53. The van der Waals surface area contributed by atoms with Crippen LogP contribution in [0.25, 0.3) is 10.9 Å². The number of aliphatic hydroxyl groups excluding tert-OH is 1. The third-order valence-electron chi connectivity index (χ3n) is 3.20. The summed E-state index contributed by atoms with van der Waals surface area (Å²) in [7, 11) is 2.03. The Morgan fingerprint density at radius 1 is 1.25 bits per heavy atom. The molecule has 0 aliphatic carbocycles. The van der Waals surface area contributed by atoms with Crippen molar-refractivity contribution in [2.75, 3.05) is 11.9 Å². The number of para-hydroxylation sites is 1. The average Bonchev–Trinajstić information content (AvgIpc) is 2.98. The van der Waals surface area contributed by atoms with E-state index in [-0.39, 0.29) is 6.61 Å². The first-order chi connectivity index (χ1) is 9.78. The van der Waals surface area contributed by atoms with Gasteiger partial charge >= 0.3 is 0 Å². The number of pyridine rings is 1. The van der Waals surface area contributed by atoms with Gasteiger partial charge in [0.2, 0.25) is 0 Å². The van der Waals surface area contributed by atoms with Crippen LogP contribution in [0.2, 0.25) is 0 Å². The summed E-state index contributed by atoms with van der Waals surface area (Å²) in [4.78, 5) is 10.9. The van der Waals surface area contributed by atoms with Crippen molar-refractivity contribution in [2.45, 2.75) is 13.2 Å². The zero-order valence-corrected chi connectivity index (χ0v) is 12.0. The van der Waals surface area contributed by atoms with Crippen molar-refractivity contribution in [3.05, 3.63) is 52.6 Å². The van der Waals surface area contributed by atoms with E-state index in [2.05, 4.69) is 20.9 Å². The molecule has 0 aliphatic heterocycles. The smallest absolute Gasteiger partial charge is 0.0854 e. The third-order valence-corrected chi connectivity index (χ3v) is 3.84. The molecule has 2 heterocycles. The van der Waals surface area contributed by atoms with Crippen LogP contribution in [0, 0.1) is 0 Å². The molecule has 102 valence electrons. The number of fused-ring (bicyclic) bond motifs is 1. The molecule has 0 atom stereocenters. The minimum atomic E-state index is -0.0532. The van der Waals surface area contributed by atoms with Crippen LogP contribution in [0.5, 0.6) is 0 Å². The molecule has 0 saturated carbocycles. The largest absolute Gasteiger partial charge is 0.390 e. The summed E-state index contributed by atoms with van der Waals surface area (Å²) >= 11 is 1.60. The van der Waals surface area contributed by atoms with Gasteiger partial charge in [0.15, 0.2) is 0 Å².